The van der Waals surface area contributed by atoms with Gasteiger partial charge in [-0.15, -0.1) is 0 Å². The second-order valence-electron chi connectivity index (χ2n) is 3.09. The normalized spacial score (nSPS) is 10.2. The Morgan fingerprint density at radius 2 is 2.09 bits per heavy atom. The Labute approximate surface area is 66.6 Å². The summed E-state index contributed by atoms with van der Waals surface area (Å²) < 4.78 is 11.1. The lowest BCUT2D eigenvalue weighted by Gasteiger charge is -2.01. The van der Waals surface area contributed by atoms with Crippen molar-refractivity contribution in [3.63, 3.8) is 0 Å². The van der Waals surface area contributed by atoms with Crippen molar-refractivity contribution in [2.24, 2.45) is 5.92 Å². The first-order chi connectivity index (χ1) is 5.16. The third-order valence-corrected chi connectivity index (χ3v) is 1.50. The Morgan fingerprint density at radius 1 is 1.45 bits per heavy atom. The molecule has 0 saturated carbocycles. The predicted molar refractivity (Wildman–Crippen MR) is 40.5 cm³/mol. The van der Waals surface area contributed by atoms with Gasteiger partial charge in [0.1, 0.15) is 0 Å². The molecular weight excluding hydrogens is 147 g/mol. The zero-order valence-corrected chi connectivity index (χ0v) is 7.10. The SMILES string of the molecule is CC(C)CCCCC(=O)OF. The molecule has 0 aliphatic carbocycles. The third-order valence-electron chi connectivity index (χ3n) is 1.50. The Bertz CT molecular complexity index is 113. The van der Waals surface area contributed by atoms with Crippen molar-refractivity contribution in [3.05, 3.63) is 0 Å². The van der Waals surface area contributed by atoms with E-state index in [0.29, 0.717) is 5.92 Å². The first kappa shape index (κ1) is 10.4. The van der Waals surface area contributed by atoms with E-state index in [1.807, 2.05) is 0 Å². The molecule has 3 heteroatoms. The highest BCUT2D eigenvalue weighted by Crippen LogP contribution is 2.08. The van der Waals surface area contributed by atoms with Crippen LogP contribution in [-0.2, 0) is 9.74 Å². The van der Waals surface area contributed by atoms with E-state index >= 15 is 0 Å². The minimum atomic E-state index is -0.756. The Hall–Kier alpha value is -0.600. The van der Waals surface area contributed by atoms with Crippen molar-refractivity contribution in [1.29, 1.82) is 0 Å². The van der Waals surface area contributed by atoms with Crippen molar-refractivity contribution in [2.45, 2.75) is 39.5 Å². The molecule has 0 aliphatic heterocycles. The molecule has 66 valence electrons. The quantitative estimate of drug-likeness (QED) is 0.581. The Balaban J connectivity index is 3.08. The first-order valence-corrected chi connectivity index (χ1v) is 3.98. The fourth-order valence-corrected chi connectivity index (χ4v) is 0.860. The van der Waals surface area contributed by atoms with Gasteiger partial charge in [-0.2, -0.15) is 0 Å². The molecule has 0 amide bonds. The van der Waals surface area contributed by atoms with Gasteiger partial charge >= 0.3 is 5.97 Å². The molecule has 0 heterocycles. The van der Waals surface area contributed by atoms with Gasteiger partial charge in [0.15, 0.2) is 0 Å². The molecule has 0 N–H and O–H groups in total. The fraction of sp³-hybridized carbons (Fsp3) is 0.875. The van der Waals surface area contributed by atoms with E-state index in [9.17, 15) is 9.32 Å². The molecule has 0 rings (SSSR count). The Morgan fingerprint density at radius 3 is 2.55 bits per heavy atom. The van der Waals surface area contributed by atoms with Gasteiger partial charge in [-0.05, 0) is 12.3 Å². The number of halogens is 1. The molecule has 0 aromatic heterocycles. The maximum atomic E-state index is 11.1. The Kier molecular flexibility index (Phi) is 5.80. The van der Waals surface area contributed by atoms with Gasteiger partial charge in [0.2, 0.25) is 0 Å². The van der Waals surface area contributed by atoms with Gasteiger partial charge < -0.3 is 0 Å². The number of hydrogen-bond acceptors (Lipinski definition) is 2. The predicted octanol–water partition coefficient (Wildman–Crippen LogP) is 2.63. The van der Waals surface area contributed by atoms with Gasteiger partial charge in [-0.3, -0.25) is 4.94 Å². The van der Waals surface area contributed by atoms with Crippen LogP contribution in [0.3, 0.4) is 0 Å². The van der Waals surface area contributed by atoms with Gasteiger partial charge in [0.05, 0.1) is 0 Å². The molecule has 11 heavy (non-hydrogen) atoms. The highest BCUT2D eigenvalue weighted by molar-refractivity contribution is 5.68. The number of hydrogen-bond donors (Lipinski definition) is 0. The zero-order chi connectivity index (χ0) is 8.69. The van der Waals surface area contributed by atoms with Crippen LogP contribution in [0.5, 0.6) is 0 Å². The largest absolute Gasteiger partial charge is 0.348 e. The summed E-state index contributed by atoms with van der Waals surface area (Å²) in [6.07, 6.45) is 2.97. The lowest BCUT2D eigenvalue weighted by molar-refractivity contribution is -0.183. The number of rotatable bonds is 5. The van der Waals surface area contributed by atoms with Crippen LogP contribution in [0.15, 0.2) is 0 Å². The maximum absolute atomic E-state index is 11.1. The summed E-state index contributed by atoms with van der Waals surface area (Å²) in [6, 6.07) is 0. The van der Waals surface area contributed by atoms with E-state index in [2.05, 4.69) is 18.8 Å². The van der Waals surface area contributed by atoms with Crippen LogP contribution in [0.1, 0.15) is 39.5 Å². The van der Waals surface area contributed by atoms with Crippen LogP contribution < -0.4 is 0 Å². The van der Waals surface area contributed by atoms with Crippen molar-refractivity contribution >= 4 is 5.97 Å². The van der Waals surface area contributed by atoms with Gasteiger partial charge in [0, 0.05) is 10.9 Å². The lowest BCUT2D eigenvalue weighted by Crippen LogP contribution is -1.97. The average molecular weight is 162 g/mol. The summed E-state index contributed by atoms with van der Waals surface area (Å²) in [7, 11) is 0. The molecule has 0 unspecified atom stereocenters. The van der Waals surface area contributed by atoms with Crippen molar-refractivity contribution in [2.75, 3.05) is 0 Å². The number of carbonyl (C=O) groups is 1. The summed E-state index contributed by atoms with van der Waals surface area (Å²) in [6.45, 7) is 4.24. The van der Waals surface area contributed by atoms with Crippen LogP contribution in [0.25, 0.3) is 0 Å². The molecule has 0 saturated heterocycles. The molecule has 0 aromatic rings. The summed E-state index contributed by atoms with van der Waals surface area (Å²) in [5.41, 5.74) is 0. The maximum Gasteiger partial charge on any atom is 0.348 e. The van der Waals surface area contributed by atoms with Crippen molar-refractivity contribution < 1.29 is 14.3 Å². The van der Waals surface area contributed by atoms with E-state index in [0.717, 1.165) is 19.3 Å². The number of unbranched alkanes of at least 4 members (excludes halogenated alkanes) is 1. The molecule has 0 atom stereocenters. The standard InChI is InChI=1S/C8H15FO2/c1-7(2)5-3-4-6-8(10)11-9/h7H,3-6H2,1-2H3. The minimum Gasteiger partial charge on any atom is -0.255 e. The fourth-order valence-electron chi connectivity index (χ4n) is 0.860. The highest BCUT2D eigenvalue weighted by atomic mass is 19.3. The minimum absolute atomic E-state index is 0.198. The second-order valence-corrected chi connectivity index (χ2v) is 3.09. The molecule has 0 spiro atoms. The summed E-state index contributed by atoms with van der Waals surface area (Å²) in [4.78, 5) is 13.3. The van der Waals surface area contributed by atoms with Crippen molar-refractivity contribution in [3.8, 4) is 0 Å². The molecule has 0 bridgehead atoms. The van der Waals surface area contributed by atoms with Gasteiger partial charge in [-0.1, -0.05) is 26.7 Å². The first-order valence-electron chi connectivity index (χ1n) is 3.98. The topological polar surface area (TPSA) is 26.3 Å². The van der Waals surface area contributed by atoms with Gasteiger partial charge in [0.25, 0.3) is 0 Å². The van der Waals surface area contributed by atoms with E-state index in [1.165, 1.54) is 0 Å². The number of carbonyl (C=O) groups excluding carboxylic acids is 1. The zero-order valence-electron chi connectivity index (χ0n) is 7.10. The van der Waals surface area contributed by atoms with Crippen molar-refractivity contribution in [1.82, 2.24) is 0 Å². The summed E-state index contributed by atoms with van der Waals surface area (Å²) >= 11 is 0. The highest BCUT2D eigenvalue weighted by Gasteiger charge is 2.02. The second kappa shape index (κ2) is 6.13. The molecule has 0 radical (unpaired) electrons. The van der Waals surface area contributed by atoms with Crippen LogP contribution in [0.4, 0.5) is 4.53 Å². The smallest absolute Gasteiger partial charge is 0.255 e. The summed E-state index contributed by atoms with van der Waals surface area (Å²) in [5, 5.41) is 0. The van der Waals surface area contributed by atoms with Crippen LogP contribution in [0, 0.1) is 5.92 Å². The van der Waals surface area contributed by atoms with E-state index in [1.54, 1.807) is 0 Å². The van der Waals surface area contributed by atoms with E-state index < -0.39 is 5.97 Å². The van der Waals surface area contributed by atoms with Crippen LogP contribution >= 0.6 is 0 Å². The van der Waals surface area contributed by atoms with E-state index in [4.69, 9.17) is 0 Å². The van der Waals surface area contributed by atoms with Gasteiger partial charge in [-0.25, -0.2) is 4.79 Å². The van der Waals surface area contributed by atoms with E-state index in [-0.39, 0.29) is 6.42 Å². The summed E-state index contributed by atoms with van der Waals surface area (Å²) in [5.74, 6) is -0.106. The average Bonchev–Trinajstić information content (AvgIpc) is 1.97. The molecule has 2 nitrogen and oxygen atoms in total. The monoisotopic (exact) mass is 162 g/mol. The lowest BCUT2D eigenvalue weighted by atomic mass is 10.1. The molecular formula is C8H15FO2. The van der Waals surface area contributed by atoms with Crippen LogP contribution in [0.2, 0.25) is 0 Å². The molecule has 0 aromatic carbocycles. The van der Waals surface area contributed by atoms with Crippen LogP contribution in [-0.4, -0.2) is 5.97 Å². The molecule has 0 fully saturated rings. The third kappa shape index (κ3) is 7.30. The molecule has 0 aliphatic rings.